The number of benzene rings is 1. The summed E-state index contributed by atoms with van der Waals surface area (Å²) in [4.78, 5) is 0. The van der Waals surface area contributed by atoms with Crippen molar-refractivity contribution in [1.29, 1.82) is 0 Å². The van der Waals surface area contributed by atoms with Crippen LogP contribution < -0.4 is 5.32 Å². The molecule has 0 aliphatic heterocycles. The van der Waals surface area contributed by atoms with Crippen LogP contribution in [-0.2, 0) is 0 Å². The van der Waals surface area contributed by atoms with Gasteiger partial charge < -0.3 is 5.32 Å². The fourth-order valence-corrected chi connectivity index (χ4v) is 2.29. The highest BCUT2D eigenvalue weighted by Gasteiger charge is 2.17. The van der Waals surface area contributed by atoms with Crippen LogP contribution in [0.4, 0.5) is 0 Å². The van der Waals surface area contributed by atoms with Crippen molar-refractivity contribution in [3.63, 3.8) is 0 Å². The standard InChI is InChI=1S/C14H22ClN/c1-4-6-11(3)14(16-5-2)12-7-9-13(15)10-8-12/h7-11,14,16H,4-6H2,1-3H3. The van der Waals surface area contributed by atoms with Gasteiger partial charge in [0.2, 0.25) is 0 Å². The zero-order valence-electron chi connectivity index (χ0n) is 10.5. The van der Waals surface area contributed by atoms with E-state index in [4.69, 9.17) is 11.6 Å². The Morgan fingerprint density at radius 3 is 2.31 bits per heavy atom. The largest absolute Gasteiger partial charge is 0.310 e. The van der Waals surface area contributed by atoms with Crippen LogP contribution in [0.25, 0.3) is 0 Å². The summed E-state index contributed by atoms with van der Waals surface area (Å²) >= 11 is 5.91. The van der Waals surface area contributed by atoms with E-state index in [1.165, 1.54) is 18.4 Å². The molecule has 1 nitrogen and oxygen atoms in total. The Morgan fingerprint density at radius 2 is 1.81 bits per heavy atom. The third kappa shape index (κ3) is 3.80. The van der Waals surface area contributed by atoms with Gasteiger partial charge in [0.05, 0.1) is 0 Å². The molecule has 0 heterocycles. The lowest BCUT2D eigenvalue weighted by atomic mass is 9.91. The Kier molecular flexibility index (Phi) is 5.86. The van der Waals surface area contributed by atoms with Gasteiger partial charge in [-0.3, -0.25) is 0 Å². The van der Waals surface area contributed by atoms with Gasteiger partial charge in [0.15, 0.2) is 0 Å². The second-order valence-electron chi connectivity index (χ2n) is 4.35. The summed E-state index contributed by atoms with van der Waals surface area (Å²) in [5, 5.41) is 4.37. The quantitative estimate of drug-likeness (QED) is 0.775. The molecule has 0 aliphatic rings. The van der Waals surface area contributed by atoms with E-state index in [0.29, 0.717) is 12.0 Å². The molecule has 0 aromatic heterocycles. The Hall–Kier alpha value is -0.530. The molecule has 1 N–H and O–H groups in total. The molecule has 0 bridgehead atoms. The fraction of sp³-hybridized carbons (Fsp3) is 0.571. The second kappa shape index (κ2) is 6.93. The first-order valence-corrected chi connectivity index (χ1v) is 6.55. The monoisotopic (exact) mass is 239 g/mol. The van der Waals surface area contributed by atoms with Gasteiger partial charge in [-0.2, -0.15) is 0 Å². The van der Waals surface area contributed by atoms with E-state index >= 15 is 0 Å². The maximum Gasteiger partial charge on any atom is 0.0406 e. The zero-order valence-corrected chi connectivity index (χ0v) is 11.2. The summed E-state index contributed by atoms with van der Waals surface area (Å²) in [6.07, 6.45) is 2.48. The Morgan fingerprint density at radius 1 is 1.19 bits per heavy atom. The van der Waals surface area contributed by atoms with Crippen LogP contribution in [0.1, 0.15) is 45.2 Å². The number of nitrogens with one attached hydrogen (secondary N) is 1. The molecule has 16 heavy (non-hydrogen) atoms. The maximum atomic E-state index is 5.91. The fourth-order valence-electron chi connectivity index (χ4n) is 2.16. The summed E-state index contributed by atoms with van der Waals surface area (Å²) in [6, 6.07) is 8.64. The molecular formula is C14H22ClN. The predicted molar refractivity (Wildman–Crippen MR) is 71.9 cm³/mol. The molecule has 0 saturated heterocycles. The summed E-state index contributed by atoms with van der Waals surface area (Å²) < 4.78 is 0. The first kappa shape index (κ1) is 13.5. The molecule has 0 aliphatic carbocycles. The minimum absolute atomic E-state index is 0.446. The van der Waals surface area contributed by atoms with Crippen LogP contribution in [0.3, 0.4) is 0 Å². The van der Waals surface area contributed by atoms with Crippen LogP contribution >= 0.6 is 11.6 Å². The van der Waals surface area contributed by atoms with E-state index < -0.39 is 0 Å². The number of rotatable bonds is 6. The normalized spacial score (nSPS) is 14.8. The lowest BCUT2D eigenvalue weighted by Gasteiger charge is -2.25. The summed E-state index contributed by atoms with van der Waals surface area (Å²) in [7, 11) is 0. The van der Waals surface area contributed by atoms with Crippen molar-refractivity contribution in [2.24, 2.45) is 5.92 Å². The zero-order chi connectivity index (χ0) is 12.0. The van der Waals surface area contributed by atoms with Gasteiger partial charge in [0.25, 0.3) is 0 Å². The SMILES string of the molecule is CCCC(C)C(NCC)c1ccc(Cl)cc1. The van der Waals surface area contributed by atoms with Gasteiger partial charge >= 0.3 is 0 Å². The highest BCUT2D eigenvalue weighted by Crippen LogP contribution is 2.26. The molecule has 0 saturated carbocycles. The minimum atomic E-state index is 0.446. The molecule has 0 amide bonds. The van der Waals surface area contributed by atoms with E-state index in [-0.39, 0.29) is 0 Å². The van der Waals surface area contributed by atoms with E-state index in [0.717, 1.165) is 11.6 Å². The first-order valence-electron chi connectivity index (χ1n) is 6.17. The Bertz CT molecular complexity index is 294. The molecule has 2 unspecified atom stereocenters. The Labute approximate surface area is 104 Å². The summed E-state index contributed by atoms with van der Waals surface area (Å²) in [5.41, 5.74) is 1.34. The molecule has 0 spiro atoms. The van der Waals surface area contributed by atoms with Crippen LogP contribution in [0, 0.1) is 5.92 Å². The first-order chi connectivity index (χ1) is 7.69. The van der Waals surface area contributed by atoms with E-state index in [9.17, 15) is 0 Å². The molecule has 1 rings (SSSR count). The minimum Gasteiger partial charge on any atom is -0.310 e. The number of halogens is 1. The summed E-state index contributed by atoms with van der Waals surface area (Å²) in [6.45, 7) is 7.70. The summed E-state index contributed by atoms with van der Waals surface area (Å²) in [5.74, 6) is 0.658. The van der Waals surface area contributed by atoms with Crippen molar-refractivity contribution in [3.8, 4) is 0 Å². The number of hydrogen-bond acceptors (Lipinski definition) is 1. The average Bonchev–Trinajstić information content (AvgIpc) is 2.28. The van der Waals surface area contributed by atoms with Crippen LogP contribution in [0.5, 0.6) is 0 Å². The van der Waals surface area contributed by atoms with Gasteiger partial charge in [0.1, 0.15) is 0 Å². The van der Waals surface area contributed by atoms with E-state index in [1.54, 1.807) is 0 Å². The third-order valence-electron chi connectivity index (χ3n) is 2.97. The highest BCUT2D eigenvalue weighted by molar-refractivity contribution is 6.30. The lowest BCUT2D eigenvalue weighted by Crippen LogP contribution is -2.26. The highest BCUT2D eigenvalue weighted by atomic mass is 35.5. The van der Waals surface area contributed by atoms with Crippen molar-refractivity contribution >= 4 is 11.6 Å². The second-order valence-corrected chi connectivity index (χ2v) is 4.79. The van der Waals surface area contributed by atoms with Gasteiger partial charge in [-0.05, 0) is 36.6 Å². The van der Waals surface area contributed by atoms with Crippen molar-refractivity contribution in [1.82, 2.24) is 5.32 Å². The molecule has 2 atom stereocenters. The Balaban J connectivity index is 2.79. The predicted octanol–water partition coefficient (Wildman–Crippen LogP) is 4.43. The van der Waals surface area contributed by atoms with Crippen molar-refractivity contribution in [2.75, 3.05) is 6.54 Å². The van der Waals surface area contributed by atoms with Gasteiger partial charge in [0, 0.05) is 11.1 Å². The molecule has 1 aromatic carbocycles. The van der Waals surface area contributed by atoms with Gasteiger partial charge in [-0.15, -0.1) is 0 Å². The van der Waals surface area contributed by atoms with Crippen molar-refractivity contribution in [2.45, 2.75) is 39.7 Å². The molecule has 90 valence electrons. The smallest absolute Gasteiger partial charge is 0.0406 e. The van der Waals surface area contributed by atoms with E-state index in [1.807, 2.05) is 12.1 Å². The van der Waals surface area contributed by atoms with Gasteiger partial charge in [-0.1, -0.05) is 50.9 Å². The average molecular weight is 240 g/mol. The molecule has 1 aromatic rings. The van der Waals surface area contributed by atoms with Gasteiger partial charge in [-0.25, -0.2) is 0 Å². The lowest BCUT2D eigenvalue weighted by molar-refractivity contribution is 0.369. The van der Waals surface area contributed by atoms with Crippen LogP contribution in [0.2, 0.25) is 5.02 Å². The molecular weight excluding hydrogens is 218 g/mol. The van der Waals surface area contributed by atoms with Crippen LogP contribution in [-0.4, -0.2) is 6.54 Å². The van der Waals surface area contributed by atoms with E-state index in [2.05, 4.69) is 38.2 Å². The van der Waals surface area contributed by atoms with Crippen molar-refractivity contribution < 1.29 is 0 Å². The van der Waals surface area contributed by atoms with Crippen molar-refractivity contribution in [3.05, 3.63) is 34.9 Å². The van der Waals surface area contributed by atoms with Crippen LogP contribution in [0.15, 0.2) is 24.3 Å². The molecule has 0 fully saturated rings. The maximum absolute atomic E-state index is 5.91. The topological polar surface area (TPSA) is 12.0 Å². The molecule has 0 radical (unpaired) electrons. The third-order valence-corrected chi connectivity index (χ3v) is 3.22. The number of hydrogen-bond donors (Lipinski definition) is 1. The molecule has 2 heteroatoms.